The van der Waals surface area contributed by atoms with E-state index in [1.54, 1.807) is 10.8 Å². The van der Waals surface area contributed by atoms with Crippen LogP contribution in [0.5, 0.6) is 0 Å². The smallest absolute Gasteiger partial charge is 0.301 e. The number of aromatic nitrogens is 2. The van der Waals surface area contributed by atoms with Crippen LogP contribution in [0.3, 0.4) is 0 Å². The fraction of sp³-hybridized carbons (Fsp3) is 0.667. The molecule has 0 fully saturated rings. The lowest BCUT2D eigenvalue weighted by Gasteiger charge is -2.18. The number of aryl methyl sites for hydroxylation is 1. The molecule has 0 bridgehead atoms. The average Bonchev–Trinajstić information content (AvgIpc) is 2.16. The molecule has 0 saturated heterocycles. The Morgan fingerprint density at radius 3 is 2.38 bits per heavy atom. The lowest BCUT2D eigenvalue weighted by atomic mass is 9.92. The summed E-state index contributed by atoms with van der Waals surface area (Å²) in [4.78, 5) is 23.4. The molecule has 90 valence electrons. The van der Waals surface area contributed by atoms with Gasteiger partial charge in [0, 0.05) is 25.4 Å². The minimum atomic E-state index is -0.209. The van der Waals surface area contributed by atoms with E-state index in [-0.39, 0.29) is 16.7 Å². The summed E-state index contributed by atoms with van der Waals surface area (Å²) in [5.74, 6) is 0. The molecule has 0 aromatic carbocycles. The maximum atomic E-state index is 11.9. The van der Waals surface area contributed by atoms with Crippen LogP contribution in [0.4, 0.5) is 0 Å². The fourth-order valence-electron chi connectivity index (χ4n) is 1.45. The first-order valence-electron chi connectivity index (χ1n) is 5.65. The van der Waals surface area contributed by atoms with Crippen molar-refractivity contribution in [2.45, 2.75) is 47.2 Å². The van der Waals surface area contributed by atoms with Crippen LogP contribution in [-0.2, 0) is 13.1 Å². The standard InChI is InChI=1S/C12H20N2O2/c1-5-13-8-6-10(15)14(11(13)16)9-7-12(2,3)4/h6,8H,5,7,9H2,1-4H3. The van der Waals surface area contributed by atoms with E-state index in [4.69, 9.17) is 0 Å². The van der Waals surface area contributed by atoms with E-state index in [9.17, 15) is 9.59 Å². The molecule has 0 saturated carbocycles. The van der Waals surface area contributed by atoms with E-state index in [0.29, 0.717) is 13.1 Å². The van der Waals surface area contributed by atoms with Gasteiger partial charge in [-0.2, -0.15) is 0 Å². The van der Waals surface area contributed by atoms with Crippen molar-refractivity contribution in [3.8, 4) is 0 Å². The minimum absolute atomic E-state index is 0.124. The molecule has 4 nitrogen and oxygen atoms in total. The molecule has 0 spiro atoms. The van der Waals surface area contributed by atoms with Gasteiger partial charge in [-0.05, 0) is 18.8 Å². The zero-order valence-corrected chi connectivity index (χ0v) is 10.5. The highest BCUT2D eigenvalue weighted by atomic mass is 16.2. The topological polar surface area (TPSA) is 44.0 Å². The molecule has 0 N–H and O–H groups in total. The Kier molecular flexibility index (Phi) is 3.73. The number of nitrogens with zero attached hydrogens (tertiary/aromatic N) is 2. The summed E-state index contributed by atoms with van der Waals surface area (Å²) in [5, 5.41) is 0. The fourth-order valence-corrected chi connectivity index (χ4v) is 1.45. The van der Waals surface area contributed by atoms with Gasteiger partial charge in [-0.15, -0.1) is 0 Å². The van der Waals surface area contributed by atoms with Crippen LogP contribution in [0.25, 0.3) is 0 Å². The maximum absolute atomic E-state index is 11.9. The Morgan fingerprint density at radius 1 is 1.25 bits per heavy atom. The van der Waals surface area contributed by atoms with Crippen LogP contribution in [0.2, 0.25) is 0 Å². The molecule has 1 heterocycles. The predicted octanol–water partition coefficient (Wildman–Crippen LogP) is 1.47. The largest absolute Gasteiger partial charge is 0.330 e. The highest BCUT2D eigenvalue weighted by molar-refractivity contribution is 4.86. The second-order valence-corrected chi connectivity index (χ2v) is 5.18. The highest BCUT2D eigenvalue weighted by Crippen LogP contribution is 2.18. The van der Waals surface area contributed by atoms with Crippen LogP contribution in [0, 0.1) is 5.41 Å². The van der Waals surface area contributed by atoms with Crippen LogP contribution in [-0.4, -0.2) is 9.13 Å². The van der Waals surface area contributed by atoms with Gasteiger partial charge in [0.1, 0.15) is 0 Å². The monoisotopic (exact) mass is 224 g/mol. The van der Waals surface area contributed by atoms with Crippen LogP contribution in [0.1, 0.15) is 34.1 Å². The van der Waals surface area contributed by atoms with Gasteiger partial charge in [0.15, 0.2) is 0 Å². The number of hydrogen-bond donors (Lipinski definition) is 0. The van der Waals surface area contributed by atoms with Crippen molar-refractivity contribution < 1.29 is 0 Å². The second kappa shape index (κ2) is 4.68. The quantitative estimate of drug-likeness (QED) is 0.780. The Balaban J connectivity index is 3.04. The Morgan fingerprint density at radius 2 is 1.88 bits per heavy atom. The minimum Gasteiger partial charge on any atom is -0.301 e. The van der Waals surface area contributed by atoms with E-state index in [1.807, 2.05) is 6.92 Å². The molecule has 0 amide bonds. The van der Waals surface area contributed by atoms with Crippen LogP contribution in [0.15, 0.2) is 21.9 Å². The maximum Gasteiger partial charge on any atom is 0.330 e. The van der Waals surface area contributed by atoms with Crippen molar-refractivity contribution in [1.29, 1.82) is 0 Å². The van der Waals surface area contributed by atoms with Gasteiger partial charge in [-0.3, -0.25) is 9.36 Å². The lowest BCUT2D eigenvalue weighted by molar-refractivity contribution is 0.341. The van der Waals surface area contributed by atoms with Gasteiger partial charge < -0.3 is 4.57 Å². The normalized spacial score (nSPS) is 11.8. The van der Waals surface area contributed by atoms with Gasteiger partial charge in [0.05, 0.1) is 0 Å². The first kappa shape index (κ1) is 12.7. The van der Waals surface area contributed by atoms with Crippen LogP contribution >= 0.6 is 0 Å². The van der Waals surface area contributed by atoms with Crippen molar-refractivity contribution in [2.24, 2.45) is 5.41 Å². The summed E-state index contributed by atoms with van der Waals surface area (Å²) in [6.07, 6.45) is 2.37. The van der Waals surface area contributed by atoms with Gasteiger partial charge >= 0.3 is 5.69 Å². The summed E-state index contributed by atoms with van der Waals surface area (Å²) in [5.41, 5.74) is -0.295. The van der Waals surface area contributed by atoms with Gasteiger partial charge in [-0.1, -0.05) is 20.8 Å². The summed E-state index contributed by atoms with van der Waals surface area (Å²) in [6, 6.07) is 1.45. The van der Waals surface area contributed by atoms with Crippen LogP contribution < -0.4 is 11.2 Å². The number of rotatable bonds is 3. The van der Waals surface area contributed by atoms with Gasteiger partial charge in [0.25, 0.3) is 5.56 Å². The zero-order valence-electron chi connectivity index (χ0n) is 10.5. The number of hydrogen-bond acceptors (Lipinski definition) is 2. The SMILES string of the molecule is CCn1ccc(=O)n(CCC(C)(C)C)c1=O. The summed E-state index contributed by atoms with van der Waals surface area (Å²) < 4.78 is 2.86. The molecule has 1 aromatic rings. The van der Waals surface area contributed by atoms with Crippen molar-refractivity contribution in [1.82, 2.24) is 9.13 Å². The van der Waals surface area contributed by atoms with Gasteiger partial charge in [0.2, 0.25) is 0 Å². The molecule has 4 heteroatoms. The molecule has 0 aliphatic heterocycles. The van der Waals surface area contributed by atoms with E-state index in [0.717, 1.165) is 6.42 Å². The van der Waals surface area contributed by atoms with Crippen molar-refractivity contribution in [3.05, 3.63) is 33.1 Å². The van der Waals surface area contributed by atoms with Crippen molar-refractivity contribution in [3.63, 3.8) is 0 Å². The molecule has 0 aliphatic rings. The average molecular weight is 224 g/mol. The predicted molar refractivity (Wildman–Crippen MR) is 64.7 cm³/mol. The summed E-state index contributed by atoms with van der Waals surface area (Å²) >= 11 is 0. The highest BCUT2D eigenvalue weighted by Gasteiger charge is 2.12. The second-order valence-electron chi connectivity index (χ2n) is 5.18. The first-order valence-corrected chi connectivity index (χ1v) is 5.65. The Bertz CT molecular complexity index is 463. The van der Waals surface area contributed by atoms with Gasteiger partial charge in [-0.25, -0.2) is 4.79 Å². The van der Waals surface area contributed by atoms with E-state index in [1.165, 1.54) is 10.6 Å². The molecule has 0 unspecified atom stereocenters. The molecule has 16 heavy (non-hydrogen) atoms. The molecule has 1 aromatic heterocycles. The zero-order chi connectivity index (χ0) is 12.3. The molecule has 0 aliphatic carbocycles. The van der Waals surface area contributed by atoms with Crippen molar-refractivity contribution >= 4 is 0 Å². The van der Waals surface area contributed by atoms with E-state index >= 15 is 0 Å². The van der Waals surface area contributed by atoms with Crippen molar-refractivity contribution in [2.75, 3.05) is 0 Å². The third-order valence-corrected chi connectivity index (χ3v) is 2.57. The van der Waals surface area contributed by atoms with E-state index < -0.39 is 0 Å². The Labute approximate surface area is 95.5 Å². The third-order valence-electron chi connectivity index (χ3n) is 2.57. The van der Waals surface area contributed by atoms with E-state index in [2.05, 4.69) is 20.8 Å². The summed E-state index contributed by atoms with van der Waals surface area (Å²) in [6.45, 7) is 9.26. The molecule has 0 radical (unpaired) electrons. The summed E-state index contributed by atoms with van der Waals surface area (Å²) in [7, 11) is 0. The molecular formula is C12H20N2O2. The first-order chi connectivity index (χ1) is 7.35. The Hall–Kier alpha value is -1.32. The molecule has 0 atom stereocenters. The molecular weight excluding hydrogens is 204 g/mol. The lowest BCUT2D eigenvalue weighted by Crippen LogP contribution is -2.39. The molecule has 1 rings (SSSR count). The third kappa shape index (κ3) is 3.08.